The van der Waals surface area contributed by atoms with Crippen LogP contribution in [0.15, 0.2) is 27.1 Å². The molecule has 0 aliphatic rings. The van der Waals surface area contributed by atoms with E-state index in [9.17, 15) is 4.79 Å². The van der Waals surface area contributed by atoms with E-state index >= 15 is 0 Å². The Morgan fingerprint density at radius 1 is 1.40 bits per heavy atom. The fourth-order valence-electron chi connectivity index (χ4n) is 1.05. The largest absolute Gasteiger partial charge is 0.396 e. The molecule has 3 nitrogen and oxygen atoms in total. The van der Waals surface area contributed by atoms with Crippen LogP contribution in [0.1, 0.15) is 12.8 Å². The molecule has 1 aromatic carbocycles. The van der Waals surface area contributed by atoms with Gasteiger partial charge in [0, 0.05) is 22.0 Å². The number of aliphatic hydroxyl groups is 1. The van der Waals surface area contributed by atoms with Gasteiger partial charge < -0.3 is 10.4 Å². The molecule has 0 bridgehead atoms. The van der Waals surface area contributed by atoms with E-state index < -0.39 is 0 Å². The first-order chi connectivity index (χ1) is 7.13. The molecule has 0 fully saturated rings. The quantitative estimate of drug-likeness (QED) is 0.888. The summed E-state index contributed by atoms with van der Waals surface area (Å²) in [6.07, 6.45) is 0.812. The van der Waals surface area contributed by atoms with Crippen molar-refractivity contribution in [2.24, 2.45) is 0 Å². The Labute approximate surface area is 105 Å². The van der Waals surface area contributed by atoms with Crippen molar-refractivity contribution < 1.29 is 9.90 Å². The summed E-state index contributed by atoms with van der Waals surface area (Å²) in [5, 5.41) is 11.3. The number of hydrogen-bond donors (Lipinski definition) is 2. The minimum Gasteiger partial charge on any atom is -0.396 e. The molecule has 1 rings (SSSR count). The van der Waals surface area contributed by atoms with Crippen LogP contribution in [0.3, 0.4) is 0 Å². The van der Waals surface area contributed by atoms with Gasteiger partial charge >= 0.3 is 0 Å². The van der Waals surface area contributed by atoms with E-state index in [0.717, 1.165) is 14.6 Å². The van der Waals surface area contributed by atoms with E-state index in [1.165, 1.54) is 0 Å². The standard InChI is InChI=1S/C10H11Br2NO2/c11-7-3-4-8(12)9(6-7)13-10(15)2-1-5-14/h3-4,6,14H,1-2,5H2,(H,13,15). The molecule has 0 spiro atoms. The average molecular weight is 337 g/mol. The van der Waals surface area contributed by atoms with E-state index in [0.29, 0.717) is 12.8 Å². The van der Waals surface area contributed by atoms with Gasteiger partial charge in [0.05, 0.1) is 5.69 Å². The maximum atomic E-state index is 11.4. The summed E-state index contributed by atoms with van der Waals surface area (Å²) in [6, 6.07) is 5.56. The third-order valence-corrected chi connectivity index (χ3v) is 2.95. The highest BCUT2D eigenvalue weighted by Crippen LogP contribution is 2.26. The molecular weight excluding hydrogens is 326 g/mol. The summed E-state index contributed by atoms with van der Waals surface area (Å²) in [7, 11) is 0. The van der Waals surface area contributed by atoms with Gasteiger partial charge in [0.1, 0.15) is 0 Å². The summed E-state index contributed by atoms with van der Waals surface area (Å²) in [5.41, 5.74) is 0.729. The molecule has 0 aromatic heterocycles. The minimum absolute atomic E-state index is 0.0348. The van der Waals surface area contributed by atoms with Gasteiger partial charge in [-0.15, -0.1) is 0 Å². The normalized spacial score (nSPS) is 10.1. The zero-order valence-corrected chi connectivity index (χ0v) is 11.1. The van der Waals surface area contributed by atoms with Crippen molar-refractivity contribution in [2.75, 3.05) is 11.9 Å². The topological polar surface area (TPSA) is 49.3 Å². The Morgan fingerprint density at radius 3 is 2.80 bits per heavy atom. The molecule has 1 aromatic rings. The molecular formula is C10H11Br2NO2. The molecule has 0 aliphatic carbocycles. The van der Waals surface area contributed by atoms with Gasteiger partial charge in [-0.25, -0.2) is 0 Å². The fraction of sp³-hybridized carbons (Fsp3) is 0.300. The van der Waals surface area contributed by atoms with Crippen LogP contribution >= 0.6 is 31.9 Å². The molecule has 15 heavy (non-hydrogen) atoms. The number of aliphatic hydroxyl groups excluding tert-OH is 1. The van der Waals surface area contributed by atoms with E-state index in [-0.39, 0.29) is 12.5 Å². The Bertz CT molecular complexity index is 355. The average Bonchev–Trinajstić information content (AvgIpc) is 2.20. The molecule has 2 N–H and O–H groups in total. The van der Waals surface area contributed by atoms with Gasteiger partial charge in [0.15, 0.2) is 0 Å². The molecule has 0 radical (unpaired) electrons. The maximum absolute atomic E-state index is 11.4. The number of anilines is 1. The van der Waals surface area contributed by atoms with Gasteiger partial charge in [-0.2, -0.15) is 0 Å². The number of hydrogen-bond acceptors (Lipinski definition) is 2. The van der Waals surface area contributed by atoms with Crippen molar-refractivity contribution in [1.29, 1.82) is 0 Å². The molecule has 0 unspecified atom stereocenters. The molecule has 1 amide bonds. The molecule has 0 saturated carbocycles. The SMILES string of the molecule is O=C(CCCO)Nc1cc(Br)ccc1Br. The summed E-state index contributed by atoms with van der Waals surface area (Å²) in [6.45, 7) is 0.0348. The molecule has 82 valence electrons. The Hall–Kier alpha value is -0.390. The summed E-state index contributed by atoms with van der Waals surface area (Å²) >= 11 is 6.67. The lowest BCUT2D eigenvalue weighted by Gasteiger charge is -2.07. The van der Waals surface area contributed by atoms with Crippen molar-refractivity contribution in [1.82, 2.24) is 0 Å². The number of carbonyl (C=O) groups excluding carboxylic acids is 1. The first-order valence-corrected chi connectivity index (χ1v) is 6.08. The van der Waals surface area contributed by atoms with Gasteiger partial charge in [0.2, 0.25) is 5.91 Å². The highest BCUT2D eigenvalue weighted by atomic mass is 79.9. The Morgan fingerprint density at radius 2 is 2.13 bits per heavy atom. The third kappa shape index (κ3) is 4.32. The van der Waals surface area contributed by atoms with Crippen LogP contribution in [0.4, 0.5) is 5.69 Å². The first-order valence-electron chi connectivity index (χ1n) is 4.49. The molecule has 0 aliphatic heterocycles. The predicted octanol–water partition coefficient (Wildman–Crippen LogP) is 2.92. The van der Waals surface area contributed by atoms with Crippen LogP contribution in [0.2, 0.25) is 0 Å². The number of benzene rings is 1. The van der Waals surface area contributed by atoms with Gasteiger partial charge in [-0.3, -0.25) is 4.79 Å². The van der Waals surface area contributed by atoms with Gasteiger partial charge in [-0.05, 0) is 40.5 Å². The number of rotatable bonds is 4. The van der Waals surface area contributed by atoms with E-state index in [1.807, 2.05) is 18.2 Å². The molecule has 0 heterocycles. The van der Waals surface area contributed by atoms with Crippen LogP contribution in [-0.2, 0) is 4.79 Å². The second-order valence-corrected chi connectivity index (χ2v) is 4.77. The minimum atomic E-state index is -0.0946. The lowest BCUT2D eigenvalue weighted by Crippen LogP contribution is -2.12. The molecule has 0 atom stereocenters. The van der Waals surface area contributed by atoms with Crippen LogP contribution in [0, 0.1) is 0 Å². The van der Waals surface area contributed by atoms with Crippen LogP contribution in [-0.4, -0.2) is 17.6 Å². The van der Waals surface area contributed by atoms with Crippen LogP contribution in [0.25, 0.3) is 0 Å². The molecule has 5 heteroatoms. The Balaban J connectivity index is 2.63. The van der Waals surface area contributed by atoms with Crippen molar-refractivity contribution in [3.8, 4) is 0 Å². The maximum Gasteiger partial charge on any atom is 0.224 e. The van der Waals surface area contributed by atoms with Crippen molar-refractivity contribution in [3.05, 3.63) is 27.1 Å². The zero-order chi connectivity index (χ0) is 11.3. The smallest absolute Gasteiger partial charge is 0.224 e. The van der Waals surface area contributed by atoms with Crippen molar-refractivity contribution in [3.63, 3.8) is 0 Å². The monoisotopic (exact) mass is 335 g/mol. The molecule has 0 saturated heterocycles. The van der Waals surface area contributed by atoms with E-state index in [4.69, 9.17) is 5.11 Å². The second kappa shape index (κ2) is 6.25. The third-order valence-electron chi connectivity index (χ3n) is 1.76. The van der Waals surface area contributed by atoms with Gasteiger partial charge in [-0.1, -0.05) is 15.9 Å². The first kappa shape index (κ1) is 12.7. The summed E-state index contributed by atoms with van der Waals surface area (Å²) in [4.78, 5) is 11.4. The number of amides is 1. The van der Waals surface area contributed by atoms with Crippen molar-refractivity contribution >= 4 is 43.5 Å². The van der Waals surface area contributed by atoms with Crippen LogP contribution in [0.5, 0.6) is 0 Å². The summed E-state index contributed by atoms with van der Waals surface area (Å²) < 4.78 is 1.74. The lowest BCUT2D eigenvalue weighted by atomic mass is 10.3. The predicted molar refractivity (Wildman–Crippen MR) is 66.8 cm³/mol. The fourth-order valence-corrected chi connectivity index (χ4v) is 1.75. The zero-order valence-electron chi connectivity index (χ0n) is 7.96. The van der Waals surface area contributed by atoms with E-state index in [2.05, 4.69) is 37.2 Å². The van der Waals surface area contributed by atoms with Crippen molar-refractivity contribution in [2.45, 2.75) is 12.8 Å². The number of halogens is 2. The van der Waals surface area contributed by atoms with E-state index in [1.54, 1.807) is 0 Å². The highest BCUT2D eigenvalue weighted by molar-refractivity contribution is 9.11. The Kier molecular flexibility index (Phi) is 5.28. The number of carbonyl (C=O) groups is 1. The lowest BCUT2D eigenvalue weighted by molar-refractivity contribution is -0.116. The second-order valence-electron chi connectivity index (χ2n) is 3.00. The van der Waals surface area contributed by atoms with Gasteiger partial charge in [0.25, 0.3) is 0 Å². The highest BCUT2D eigenvalue weighted by Gasteiger charge is 2.05. The summed E-state index contributed by atoms with van der Waals surface area (Å²) in [5.74, 6) is -0.0946. The van der Waals surface area contributed by atoms with Crippen LogP contribution < -0.4 is 5.32 Å². The number of nitrogens with one attached hydrogen (secondary N) is 1.